The molecule has 2 fully saturated rings. The summed E-state index contributed by atoms with van der Waals surface area (Å²) in [5.41, 5.74) is -0.114. The van der Waals surface area contributed by atoms with E-state index in [1.54, 1.807) is 37.9 Å². The molecule has 2 aromatic carbocycles. The first-order valence-corrected chi connectivity index (χ1v) is 18.1. The number of carbonyl (C=O) groups is 2. The highest BCUT2D eigenvalue weighted by molar-refractivity contribution is 6.35. The van der Waals surface area contributed by atoms with Gasteiger partial charge in [-0.2, -0.15) is 0 Å². The van der Waals surface area contributed by atoms with Gasteiger partial charge in [-0.15, -0.1) is 0 Å². The molecule has 1 N–H and O–H groups in total. The third-order valence-electron chi connectivity index (χ3n) is 10.2. The molecular formula is C39H43ClF2N6O5. The number of amides is 2. The predicted molar refractivity (Wildman–Crippen MR) is 201 cm³/mol. The molecule has 5 heterocycles. The number of methoxy groups -OCH3 is 1. The number of halogens is 3. The Morgan fingerprint density at radius 1 is 1.06 bits per heavy atom. The summed E-state index contributed by atoms with van der Waals surface area (Å²) in [4.78, 5) is 53.1. The number of hydrogen-bond donors (Lipinski definition) is 1. The molecule has 2 amide bonds. The van der Waals surface area contributed by atoms with Crippen molar-refractivity contribution in [3.05, 3.63) is 74.8 Å². The Morgan fingerprint density at radius 2 is 1.77 bits per heavy atom. The molecule has 3 aliphatic rings. The summed E-state index contributed by atoms with van der Waals surface area (Å²) >= 11 is 6.99. The molecule has 0 bridgehead atoms. The lowest BCUT2D eigenvalue weighted by atomic mass is 9.93. The van der Waals surface area contributed by atoms with Crippen molar-refractivity contribution >= 4 is 45.9 Å². The number of aryl methyl sites for hydroxylation is 1. The summed E-state index contributed by atoms with van der Waals surface area (Å²) in [7, 11) is 1.35. The minimum absolute atomic E-state index is 0.0322. The van der Waals surface area contributed by atoms with Gasteiger partial charge < -0.3 is 24.6 Å². The molecule has 0 unspecified atom stereocenters. The van der Waals surface area contributed by atoms with Crippen molar-refractivity contribution in [3.8, 4) is 22.6 Å². The maximum atomic E-state index is 17.8. The first-order valence-electron chi connectivity index (χ1n) is 17.7. The molecule has 0 saturated carbocycles. The Labute approximate surface area is 311 Å². The van der Waals surface area contributed by atoms with Gasteiger partial charge in [-0.25, -0.2) is 13.6 Å². The van der Waals surface area contributed by atoms with Crippen LogP contribution in [0.3, 0.4) is 0 Å². The zero-order valence-electron chi connectivity index (χ0n) is 31.0. The van der Waals surface area contributed by atoms with Gasteiger partial charge in [0.15, 0.2) is 5.82 Å². The highest BCUT2D eigenvalue weighted by Gasteiger charge is 2.50. The SMILES string of the molecule is COc1cccc(F)c1-c1c(Cl)cc2c3c(c(=O)n(-c4c(C)ccnc4C(C)C)c2c1F)N(C1CNC1)C(=O)[C@H]1CN(C(=O)OC(C)(C)C)[C@H](C)CN31. The van der Waals surface area contributed by atoms with Crippen LogP contribution >= 0.6 is 11.6 Å². The number of fused-ring (bicyclic) bond motifs is 5. The predicted octanol–water partition coefficient (Wildman–Crippen LogP) is 6.56. The van der Waals surface area contributed by atoms with Crippen LogP contribution in [-0.2, 0) is 9.53 Å². The van der Waals surface area contributed by atoms with Gasteiger partial charge in [0.25, 0.3) is 11.5 Å². The lowest BCUT2D eigenvalue weighted by Crippen LogP contribution is -2.71. The summed E-state index contributed by atoms with van der Waals surface area (Å²) in [5, 5.41) is 3.32. The molecule has 0 aliphatic carbocycles. The van der Waals surface area contributed by atoms with Gasteiger partial charge in [-0.05, 0) is 70.4 Å². The number of anilines is 2. The smallest absolute Gasteiger partial charge is 0.410 e. The van der Waals surface area contributed by atoms with Crippen molar-refractivity contribution < 1.29 is 27.8 Å². The largest absolute Gasteiger partial charge is 0.496 e. The minimum Gasteiger partial charge on any atom is -0.496 e. The average molecular weight is 749 g/mol. The number of benzene rings is 2. The van der Waals surface area contributed by atoms with Crippen molar-refractivity contribution in [3.63, 3.8) is 0 Å². The van der Waals surface area contributed by atoms with Gasteiger partial charge >= 0.3 is 6.09 Å². The Morgan fingerprint density at radius 3 is 2.40 bits per heavy atom. The summed E-state index contributed by atoms with van der Waals surface area (Å²) in [6, 6.07) is 5.63. The number of carbonyl (C=O) groups excluding carboxylic acids is 2. The summed E-state index contributed by atoms with van der Waals surface area (Å²) in [5.74, 6) is -2.21. The Kier molecular flexibility index (Phi) is 9.17. The van der Waals surface area contributed by atoms with Crippen LogP contribution in [-0.4, -0.2) is 83.5 Å². The zero-order chi connectivity index (χ0) is 38.3. The lowest BCUT2D eigenvalue weighted by Gasteiger charge is -2.52. The van der Waals surface area contributed by atoms with E-state index in [0.717, 1.165) is 0 Å². The Bertz CT molecular complexity index is 2230. The third kappa shape index (κ3) is 5.88. The van der Waals surface area contributed by atoms with Gasteiger partial charge in [0.1, 0.15) is 28.9 Å². The average Bonchev–Trinajstić information content (AvgIpc) is 3.05. The van der Waals surface area contributed by atoms with E-state index in [9.17, 15) is 9.59 Å². The fourth-order valence-electron chi connectivity index (χ4n) is 7.69. The lowest BCUT2D eigenvalue weighted by molar-refractivity contribution is -0.122. The van der Waals surface area contributed by atoms with Crippen LogP contribution in [0.1, 0.15) is 58.7 Å². The summed E-state index contributed by atoms with van der Waals surface area (Å²) in [6.45, 7) is 13.7. The van der Waals surface area contributed by atoms with Crippen LogP contribution in [0.5, 0.6) is 5.75 Å². The van der Waals surface area contributed by atoms with Crippen LogP contribution in [0.2, 0.25) is 5.02 Å². The van der Waals surface area contributed by atoms with Gasteiger partial charge in [-0.3, -0.25) is 24.0 Å². The number of pyridine rings is 2. The molecule has 2 atom stereocenters. The highest BCUT2D eigenvalue weighted by Crippen LogP contribution is 2.48. The van der Waals surface area contributed by atoms with Crippen molar-refractivity contribution in [2.45, 2.75) is 78.1 Å². The van der Waals surface area contributed by atoms with Gasteiger partial charge in [0.2, 0.25) is 0 Å². The molecule has 3 aliphatic heterocycles. The fourth-order valence-corrected chi connectivity index (χ4v) is 7.98. The molecule has 0 radical (unpaired) electrons. The second kappa shape index (κ2) is 13.3. The summed E-state index contributed by atoms with van der Waals surface area (Å²) in [6.07, 6.45) is 1.07. The van der Waals surface area contributed by atoms with E-state index in [4.69, 9.17) is 21.1 Å². The van der Waals surface area contributed by atoms with E-state index >= 15 is 13.6 Å². The number of nitrogens with one attached hydrogen (secondary N) is 1. The van der Waals surface area contributed by atoms with Crippen molar-refractivity contribution in [1.29, 1.82) is 0 Å². The molecule has 280 valence electrons. The second-order valence-corrected chi connectivity index (χ2v) is 15.7. The van der Waals surface area contributed by atoms with Crippen LogP contribution in [0.15, 0.2) is 41.3 Å². The monoisotopic (exact) mass is 748 g/mol. The van der Waals surface area contributed by atoms with E-state index < -0.39 is 47.0 Å². The van der Waals surface area contributed by atoms with Crippen LogP contribution in [0, 0.1) is 18.6 Å². The van der Waals surface area contributed by atoms with E-state index in [2.05, 4.69) is 10.3 Å². The number of hydrogen-bond acceptors (Lipinski definition) is 8. The van der Waals surface area contributed by atoms with Crippen molar-refractivity contribution in [2.24, 2.45) is 0 Å². The van der Waals surface area contributed by atoms with Crippen LogP contribution < -0.4 is 25.4 Å². The van der Waals surface area contributed by atoms with E-state index in [1.807, 2.05) is 27.7 Å². The first-order chi connectivity index (χ1) is 25.0. The standard InChI is InChI=1S/C39H43ClF2N6O5/c1-19(2)31-32(20(3)12-13-44-31)48-33-23(14-24(40)28(30(33)42)29-25(41)10-9-11-27(29)52-8)34-35(37(48)50)47(22-15-43-16-22)36(49)26-18-45(21(4)17-46(26)34)38(51)53-39(5,6)7/h9-14,19,21-22,26,43H,15-18H2,1-8H3/t21-,26-/m1/s1. The third-order valence-corrected chi connectivity index (χ3v) is 10.5. The second-order valence-electron chi connectivity index (χ2n) is 15.3. The molecule has 11 nitrogen and oxygen atoms in total. The maximum Gasteiger partial charge on any atom is 0.410 e. The number of aromatic nitrogens is 2. The van der Waals surface area contributed by atoms with E-state index in [0.29, 0.717) is 35.7 Å². The normalized spacial score (nSPS) is 19.0. The van der Waals surface area contributed by atoms with Crippen molar-refractivity contribution in [2.75, 3.05) is 43.1 Å². The number of ether oxygens (including phenoxy) is 2. The van der Waals surface area contributed by atoms with Gasteiger partial charge in [-0.1, -0.05) is 31.5 Å². The van der Waals surface area contributed by atoms with Gasteiger partial charge in [0, 0.05) is 42.8 Å². The molecule has 7 rings (SSSR count). The molecular weight excluding hydrogens is 706 g/mol. The molecule has 2 aromatic heterocycles. The Hall–Kier alpha value is -4.75. The molecule has 2 saturated heterocycles. The van der Waals surface area contributed by atoms with Crippen LogP contribution in [0.4, 0.5) is 25.0 Å². The number of piperazine rings is 1. The maximum absolute atomic E-state index is 17.8. The number of rotatable bonds is 5. The van der Waals surface area contributed by atoms with E-state index in [1.165, 1.54) is 45.7 Å². The van der Waals surface area contributed by atoms with E-state index in [-0.39, 0.29) is 63.4 Å². The molecule has 53 heavy (non-hydrogen) atoms. The minimum atomic E-state index is -0.945. The quantitative estimate of drug-likeness (QED) is 0.245. The highest BCUT2D eigenvalue weighted by atomic mass is 35.5. The van der Waals surface area contributed by atoms with Crippen molar-refractivity contribution in [1.82, 2.24) is 19.8 Å². The fraction of sp³-hybridized carbons (Fsp3) is 0.436. The first kappa shape index (κ1) is 36.6. The summed E-state index contributed by atoms with van der Waals surface area (Å²) < 4.78 is 46.0. The van der Waals surface area contributed by atoms with Crippen LogP contribution in [0.25, 0.3) is 27.7 Å². The molecule has 14 heteroatoms. The topological polar surface area (TPSA) is 109 Å². The zero-order valence-corrected chi connectivity index (χ0v) is 31.8. The molecule has 4 aromatic rings. The Balaban J connectivity index is 1.60. The van der Waals surface area contributed by atoms with Gasteiger partial charge in [0.05, 0.1) is 52.9 Å². The molecule has 0 spiro atoms. The number of nitrogens with zero attached hydrogens (tertiary/aromatic N) is 5.